The normalized spacial score (nSPS) is 10.3. The second kappa shape index (κ2) is 7.70. The number of anilines is 2. The van der Waals surface area contributed by atoms with E-state index in [1.807, 2.05) is 22.6 Å². The summed E-state index contributed by atoms with van der Waals surface area (Å²) >= 11 is 3.24. The van der Waals surface area contributed by atoms with Gasteiger partial charge < -0.3 is 5.32 Å². The molecule has 126 valence electrons. The van der Waals surface area contributed by atoms with Crippen molar-refractivity contribution in [3.05, 3.63) is 74.6 Å². The van der Waals surface area contributed by atoms with E-state index in [0.29, 0.717) is 25.5 Å². The van der Waals surface area contributed by atoms with Crippen molar-refractivity contribution in [2.75, 3.05) is 10.6 Å². The Bertz CT molecular complexity index is 914. The van der Waals surface area contributed by atoms with Gasteiger partial charge >= 0.3 is 0 Å². The molecule has 1 aromatic heterocycles. The highest BCUT2D eigenvalue weighted by Crippen LogP contribution is 2.18. The Morgan fingerprint density at radius 2 is 1.80 bits per heavy atom. The fourth-order valence-electron chi connectivity index (χ4n) is 2.03. The van der Waals surface area contributed by atoms with E-state index in [0.717, 1.165) is 0 Å². The number of hydrogen-bond acceptors (Lipinski definition) is 4. The van der Waals surface area contributed by atoms with Gasteiger partial charge in [-0.25, -0.2) is 9.37 Å². The summed E-state index contributed by atoms with van der Waals surface area (Å²) in [6.07, 6.45) is 1.61. The van der Waals surface area contributed by atoms with Crippen molar-refractivity contribution >= 4 is 56.6 Å². The summed E-state index contributed by atoms with van der Waals surface area (Å²) in [6.45, 7) is 0. The van der Waals surface area contributed by atoms with Crippen molar-refractivity contribution in [2.45, 2.75) is 0 Å². The average Bonchev–Trinajstić information content (AvgIpc) is 3.08. The van der Waals surface area contributed by atoms with Crippen LogP contribution in [0.3, 0.4) is 0 Å². The Morgan fingerprint density at radius 3 is 2.44 bits per heavy atom. The quantitative estimate of drug-likeness (QED) is 0.560. The minimum Gasteiger partial charge on any atom is -0.322 e. The second-order valence-electron chi connectivity index (χ2n) is 4.95. The van der Waals surface area contributed by atoms with Gasteiger partial charge in [0.2, 0.25) is 0 Å². The Hall–Kier alpha value is -2.33. The second-order valence-corrected chi connectivity index (χ2v) is 7.00. The number of nitrogens with one attached hydrogen (secondary N) is 2. The van der Waals surface area contributed by atoms with Crippen molar-refractivity contribution in [3.8, 4) is 0 Å². The first-order valence-corrected chi connectivity index (χ1v) is 9.06. The SMILES string of the molecule is O=C(Nc1nccs1)c1ccc(NC(=O)c2ccc(F)cc2I)cc1. The van der Waals surface area contributed by atoms with Gasteiger partial charge in [0, 0.05) is 26.4 Å². The molecular weight excluding hydrogens is 456 g/mol. The maximum atomic E-state index is 13.1. The van der Waals surface area contributed by atoms with E-state index in [1.54, 1.807) is 35.8 Å². The molecule has 0 saturated heterocycles. The highest BCUT2D eigenvalue weighted by molar-refractivity contribution is 14.1. The molecule has 0 aliphatic rings. The van der Waals surface area contributed by atoms with Crippen LogP contribution in [0.1, 0.15) is 20.7 Å². The maximum Gasteiger partial charge on any atom is 0.257 e. The smallest absolute Gasteiger partial charge is 0.257 e. The number of halogens is 2. The Morgan fingerprint density at radius 1 is 1.04 bits per heavy atom. The molecule has 0 saturated carbocycles. The third-order valence-corrected chi connectivity index (χ3v) is 4.81. The predicted molar refractivity (Wildman–Crippen MR) is 104 cm³/mol. The van der Waals surface area contributed by atoms with Gasteiger partial charge in [0.1, 0.15) is 5.82 Å². The summed E-state index contributed by atoms with van der Waals surface area (Å²) in [5, 5.41) is 7.69. The number of hydrogen-bond donors (Lipinski definition) is 2. The van der Waals surface area contributed by atoms with Crippen LogP contribution in [-0.2, 0) is 0 Å². The first kappa shape index (κ1) is 17.5. The van der Waals surface area contributed by atoms with Crippen LogP contribution in [0.5, 0.6) is 0 Å². The molecule has 0 fully saturated rings. The highest BCUT2D eigenvalue weighted by Gasteiger charge is 2.12. The molecule has 0 radical (unpaired) electrons. The number of carbonyl (C=O) groups excluding carboxylic acids is 2. The van der Waals surface area contributed by atoms with Crippen LogP contribution in [0.4, 0.5) is 15.2 Å². The number of amides is 2. The standard InChI is InChI=1S/C17H11FIN3O2S/c18-11-3-6-13(14(19)9-11)16(24)21-12-4-1-10(2-5-12)15(23)22-17-20-7-8-25-17/h1-9H,(H,21,24)(H,20,22,23). The number of thiazole rings is 1. The zero-order valence-electron chi connectivity index (χ0n) is 12.6. The van der Waals surface area contributed by atoms with Gasteiger partial charge in [0.25, 0.3) is 11.8 Å². The van der Waals surface area contributed by atoms with Gasteiger partial charge in [-0.05, 0) is 65.1 Å². The Labute approximate surface area is 160 Å². The lowest BCUT2D eigenvalue weighted by atomic mass is 10.1. The summed E-state index contributed by atoms with van der Waals surface area (Å²) in [4.78, 5) is 28.3. The number of nitrogens with zero attached hydrogens (tertiary/aromatic N) is 1. The molecule has 0 aliphatic heterocycles. The molecule has 2 aromatic carbocycles. The zero-order chi connectivity index (χ0) is 17.8. The van der Waals surface area contributed by atoms with Gasteiger partial charge in [-0.2, -0.15) is 0 Å². The van der Waals surface area contributed by atoms with Gasteiger partial charge in [0.05, 0.1) is 5.56 Å². The fraction of sp³-hybridized carbons (Fsp3) is 0. The largest absolute Gasteiger partial charge is 0.322 e. The molecular formula is C17H11FIN3O2S. The molecule has 3 aromatic rings. The van der Waals surface area contributed by atoms with E-state index < -0.39 is 5.82 Å². The topological polar surface area (TPSA) is 71.1 Å². The Balaban J connectivity index is 1.68. The molecule has 3 rings (SSSR count). The van der Waals surface area contributed by atoms with E-state index >= 15 is 0 Å². The molecule has 25 heavy (non-hydrogen) atoms. The minimum absolute atomic E-state index is 0.277. The Kier molecular flexibility index (Phi) is 5.39. The van der Waals surface area contributed by atoms with Gasteiger partial charge in [-0.15, -0.1) is 11.3 Å². The lowest BCUT2D eigenvalue weighted by molar-refractivity contribution is 0.101. The van der Waals surface area contributed by atoms with E-state index in [9.17, 15) is 14.0 Å². The molecule has 0 aliphatic carbocycles. The third kappa shape index (κ3) is 4.40. The van der Waals surface area contributed by atoms with E-state index in [-0.39, 0.29) is 11.8 Å². The molecule has 0 atom stereocenters. The van der Waals surface area contributed by atoms with E-state index in [1.165, 1.54) is 29.5 Å². The van der Waals surface area contributed by atoms with Crippen LogP contribution in [0, 0.1) is 9.39 Å². The van der Waals surface area contributed by atoms with Crippen molar-refractivity contribution in [3.63, 3.8) is 0 Å². The molecule has 8 heteroatoms. The van der Waals surface area contributed by atoms with Gasteiger partial charge in [0.15, 0.2) is 5.13 Å². The van der Waals surface area contributed by atoms with Crippen LogP contribution in [-0.4, -0.2) is 16.8 Å². The minimum atomic E-state index is -0.392. The summed E-state index contributed by atoms with van der Waals surface area (Å²) < 4.78 is 13.6. The lowest BCUT2D eigenvalue weighted by Crippen LogP contribution is -2.14. The monoisotopic (exact) mass is 467 g/mol. The van der Waals surface area contributed by atoms with Crippen molar-refractivity contribution in [1.82, 2.24) is 4.98 Å². The first-order chi connectivity index (χ1) is 12.0. The maximum absolute atomic E-state index is 13.1. The molecule has 0 spiro atoms. The van der Waals surface area contributed by atoms with Crippen molar-refractivity contribution in [2.24, 2.45) is 0 Å². The van der Waals surface area contributed by atoms with Crippen molar-refractivity contribution < 1.29 is 14.0 Å². The summed E-state index contributed by atoms with van der Waals surface area (Å²) in [5.74, 6) is -1.01. The third-order valence-electron chi connectivity index (χ3n) is 3.23. The van der Waals surface area contributed by atoms with Crippen LogP contribution < -0.4 is 10.6 Å². The average molecular weight is 467 g/mol. The first-order valence-electron chi connectivity index (χ1n) is 7.10. The fourth-order valence-corrected chi connectivity index (χ4v) is 3.28. The molecule has 5 nitrogen and oxygen atoms in total. The van der Waals surface area contributed by atoms with Crippen LogP contribution in [0.15, 0.2) is 54.0 Å². The van der Waals surface area contributed by atoms with Gasteiger partial charge in [-0.3, -0.25) is 14.9 Å². The zero-order valence-corrected chi connectivity index (χ0v) is 15.6. The number of aromatic nitrogens is 1. The number of benzene rings is 2. The highest BCUT2D eigenvalue weighted by atomic mass is 127. The molecule has 0 unspecified atom stereocenters. The van der Waals surface area contributed by atoms with Gasteiger partial charge in [-0.1, -0.05) is 0 Å². The predicted octanol–water partition coefficient (Wildman–Crippen LogP) is 4.39. The van der Waals surface area contributed by atoms with Crippen LogP contribution in [0.2, 0.25) is 0 Å². The van der Waals surface area contributed by atoms with Crippen molar-refractivity contribution in [1.29, 1.82) is 0 Å². The van der Waals surface area contributed by atoms with Crippen LogP contribution >= 0.6 is 33.9 Å². The molecule has 2 N–H and O–H groups in total. The number of rotatable bonds is 4. The summed E-state index contributed by atoms with van der Waals surface area (Å²) in [6, 6.07) is 10.4. The van der Waals surface area contributed by atoms with Crippen LogP contribution in [0.25, 0.3) is 0 Å². The molecule has 1 heterocycles. The van der Waals surface area contributed by atoms with E-state index in [2.05, 4.69) is 15.6 Å². The summed E-state index contributed by atoms with van der Waals surface area (Å²) in [5.41, 5.74) is 1.37. The van der Waals surface area contributed by atoms with E-state index in [4.69, 9.17) is 0 Å². The number of carbonyl (C=O) groups is 2. The summed E-state index contributed by atoms with van der Waals surface area (Å²) in [7, 11) is 0. The molecule has 2 amide bonds. The lowest BCUT2D eigenvalue weighted by Gasteiger charge is -2.08. The molecule has 0 bridgehead atoms.